The Morgan fingerprint density at radius 3 is 2.66 bits per heavy atom. The van der Waals surface area contributed by atoms with Gasteiger partial charge in [-0.05, 0) is 24.3 Å². The number of anilines is 2. The van der Waals surface area contributed by atoms with E-state index < -0.39 is 8.07 Å². The average Bonchev–Trinajstić information content (AvgIpc) is 3.21. The molecule has 1 aromatic carbocycles. The van der Waals surface area contributed by atoms with E-state index in [1.165, 1.54) is 0 Å². The molecule has 32 heavy (non-hydrogen) atoms. The number of hydrogen-bond donors (Lipinski definition) is 0. The Morgan fingerprint density at radius 1 is 1.09 bits per heavy atom. The van der Waals surface area contributed by atoms with Gasteiger partial charge in [-0.3, -0.25) is 9.67 Å². The Kier molecular flexibility index (Phi) is 5.92. The Labute approximate surface area is 189 Å². The van der Waals surface area contributed by atoms with Gasteiger partial charge in [0, 0.05) is 30.6 Å². The summed E-state index contributed by atoms with van der Waals surface area (Å²) in [6.45, 7) is 7.23. The molecule has 162 valence electrons. The molecule has 0 saturated carbocycles. The fourth-order valence-electron chi connectivity index (χ4n) is 3.20. The summed E-state index contributed by atoms with van der Waals surface area (Å²) < 4.78 is 7.17. The standard InChI is InChI=1S/C24H26N6OSi/c1-29-17-18(15-26-29)22-16-25-21-10-11-23(28-24(21)27-22)30(12-7-13-32(3,4)5)19-8-6-9-20(14-19)31-2/h6,8-11,14-17H,12H2,1-5H3. The normalized spacial score (nSPS) is 11.2. The molecule has 0 fully saturated rings. The predicted octanol–water partition coefficient (Wildman–Crippen LogP) is 4.45. The number of benzene rings is 1. The molecule has 0 amide bonds. The number of rotatable bonds is 5. The van der Waals surface area contributed by atoms with E-state index in [9.17, 15) is 0 Å². The minimum Gasteiger partial charge on any atom is -0.497 e. The van der Waals surface area contributed by atoms with Gasteiger partial charge in [-0.2, -0.15) is 5.10 Å². The summed E-state index contributed by atoms with van der Waals surface area (Å²) in [6.07, 6.45) is 5.43. The minimum atomic E-state index is -1.49. The van der Waals surface area contributed by atoms with Gasteiger partial charge in [0.2, 0.25) is 0 Å². The number of hydrogen-bond acceptors (Lipinski definition) is 6. The molecule has 0 unspecified atom stereocenters. The van der Waals surface area contributed by atoms with E-state index in [0.29, 0.717) is 12.2 Å². The van der Waals surface area contributed by atoms with Crippen LogP contribution in [0.5, 0.6) is 5.75 Å². The number of fused-ring (bicyclic) bond motifs is 1. The number of nitrogens with zero attached hydrogens (tertiary/aromatic N) is 6. The van der Waals surface area contributed by atoms with E-state index in [1.54, 1.807) is 24.2 Å². The fraction of sp³-hybridized carbons (Fsp3) is 0.250. The predicted molar refractivity (Wildman–Crippen MR) is 131 cm³/mol. The van der Waals surface area contributed by atoms with E-state index in [1.807, 2.05) is 49.6 Å². The van der Waals surface area contributed by atoms with Gasteiger partial charge in [-0.1, -0.05) is 31.6 Å². The highest BCUT2D eigenvalue weighted by atomic mass is 28.3. The van der Waals surface area contributed by atoms with Crippen LogP contribution in [-0.2, 0) is 7.05 Å². The lowest BCUT2D eigenvalue weighted by Crippen LogP contribution is -2.21. The van der Waals surface area contributed by atoms with E-state index in [0.717, 1.165) is 34.0 Å². The maximum absolute atomic E-state index is 5.43. The Morgan fingerprint density at radius 2 is 1.94 bits per heavy atom. The van der Waals surface area contributed by atoms with Crippen molar-refractivity contribution in [2.45, 2.75) is 19.6 Å². The second kappa shape index (κ2) is 8.81. The van der Waals surface area contributed by atoms with Gasteiger partial charge in [0.15, 0.2) is 5.65 Å². The second-order valence-corrected chi connectivity index (χ2v) is 13.3. The van der Waals surface area contributed by atoms with Crippen molar-refractivity contribution in [3.05, 3.63) is 55.0 Å². The lowest BCUT2D eigenvalue weighted by molar-refractivity contribution is 0.415. The lowest BCUT2D eigenvalue weighted by Gasteiger charge is -2.22. The van der Waals surface area contributed by atoms with Crippen molar-refractivity contribution < 1.29 is 4.74 Å². The number of aryl methyl sites for hydroxylation is 1. The van der Waals surface area contributed by atoms with Crippen molar-refractivity contribution in [2.75, 3.05) is 18.6 Å². The molecule has 0 bridgehead atoms. The summed E-state index contributed by atoms with van der Waals surface area (Å²) in [4.78, 5) is 16.2. The zero-order valence-electron chi connectivity index (χ0n) is 19.0. The Bertz CT molecular complexity index is 1320. The first-order chi connectivity index (χ1) is 15.3. The quantitative estimate of drug-likeness (QED) is 0.336. The van der Waals surface area contributed by atoms with Crippen LogP contribution in [0.4, 0.5) is 11.5 Å². The van der Waals surface area contributed by atoms with Crippen molar-refractivity contribution in [1.29, 1.82) is 0 Å². The van der Waals surface area contributed by atoms with E-state index >= 15 is 0 Å². The molecule has 3 aromatic heterocycles. The molecule has 0 atom stereocenters. The molecule has 4 rings (SSSR count). The van der Waals surface area contributed by atoms with E-state index in [-0.39, 0.29) is 0 Å². The average molecular weight is 443 g/mol. The van der Waals surface area contributed by atoms with Crippen LogP contribution < -0.4 is 9.64 Å². The monoisotopic (exact) mass is 442 g/mol. The summed E-state index contributed by atoms with van der Waals surface area (Å²) in [5, 5.41) is 4.22. The molecule has 0 radical (unpaired) electrons. The minimum absolute atomic E-state index is 0.520. The highest BCUT2D eigenvalue weighted by Gasteiger charge is 2.14. The zero-order chi connectivity index (χ0) is 22.7. The van der Waals surface area contributed by atoms with Crippen LogP contribution in [0.1, 0.15) is 0 Å². The summed E-state index contributed by atoms with van der Waals surface area (Å²) in [5.74, 6) is 4.90. The number of pyridine rings is 1. The maximum Gasteiger partial charge on any atom is 0.180 e. The highest BCUT2D eigenvalue weighted by Crippen LogP contribution is 2.28. The molecule has 0 aliphatic heterocycles. The van der Waals surface area contributed by atoms with Crippen molar-refractivity contribution >= 4 is 30.7 Å². The summed E-state index contributed by atoms with van der Waals surface area (Å²) in [5.41, 5.74) is 7.35. The van der Waals surface area contributed by atoms with E-state index in [2.05, 4.69) is 46.1 Å². The van der Waals surface area contributed by atoms with Gasteiger partial charge in [0.1, 0.15) is 25.2 Å². The molecule has 0 N–H and O–H groups in total. The van der Waals surface area contributed by atoms with Crippen LogP contribution >= 0.6 is 0 Å². The smallest absolute Gasteiger partial charge is 0.180 e. The lowest BCUT2D eigenvalue weighted by atomic mass is 10.2. The molecule has 7 nitrogen and oxygen atoms in total. The molecular formula is C24H26N6OSi. The van der Waals surface area contributed by atoms with Gasteiger partial charge in [-0.25, -0.2) is 9.97 Å². The zero-order valence-corrected chi connectivity index (χ0v) is 20.0. The summed E-state index contributed by atoms with van der Waals surface area (Å²) >= 11 is 0. The molecule has 4 aromatic rings. The van der Waals surface area contributed by atoms with Crippen LogP contribution in [0, 0.1) is 11.5 Å². The van der Waals surface area contributed by atoms with Gasteiger partial charge in [0.25, 0.3) is 0 Å². The molecule has 0 spiro atoms. The third-order valence-corrected chi connectivity index (χ3v) is 5.66. The van der Waals surface area contributed by atoms with Crippen LogP contribution in [0.25, 0.3) is 22.4 Å². The first kappa shape index (κ1) is 21.5. The molecular weight excluding hydrogens is 416 g/mol. The Balaban J connectivity index is 1.77. The molecule has 0 saturated heterocycles. The fourth-order valence-corrected chi connectivity index (χ4v) is 3.81. The van der Waals surface area contributed by atoms with Crippen molar-refractivity contribution in [3.8, 4) is 28.5 Å². The SMILES string of the molecule is COc1cccc(N(CC#C[Si](C)(C)C)c2ccc3ncc(-c4cnn(C)c4)nc3n2)c1. The molecule has 8 heteroatoms. The van der Waals surface area contributed by atoms with Crippen LogP contribution in [0.3, 0.4) is 0 Å². The number of ether oxygens (including phenoxy) is 1. The maximum atomic E-state index is 5.43. The van der Waals surface area contributed by atoms with Gasteiger partial charge in [0.05, 0.1) is 31.7 Å². The molecule has 0 aliphatic carbocycles. The largest absolute Gasteiger partial charge is 0.497 e. The van der Waals surface area contributed by atoms with E-state index in [4.69, 9.17) is 14.7 Å². The Hall–Kier alpha value is -3.70. The third kappa shape index (κ3) is 4.95. The van der Waals surface area contributed by atoms with Gasteiger partial charge in [-0.15, -0.1) is 5.54 Å². The van der Waals surface area contributed by atoms with Crippen LogP contribution in [-0.4, -0.2) is 46.5 Å². The van der Waals surface area contributed by atoms with Crippen molar-refractivity contribution in [2.24, 2.45) is 7.05 Å². The van der Waals surface area contributed by atoms with Crippen molar-refractivity contribution in [3.63, 3.8) is 0 Å². The number of aromatic nitrogens is 5. The highest BCUT2D eigenvalue weighted by molar-refractivity contribution is 6.83. The first-order valence-electron chi connectivity index (χ1n) is 10.4. The molecule has 3 heterocycles. The first-order valence-corrected chi connectivity index (χ1v) is 13.9. The van der Waals surface area contributed by atoms with Crippen molar-refractivity contribution in [1.82, 2.24) is 24.7 Å². The third-order valence-electron chi connectivity index (χ3n) is 4.73. The summed E-state index contributed by atoms with van der Waals surface area (Å²) in [7, 11) is 2.05. The molecule has 0 aliphatic rings. The number of methoxy groups -OCH3 is 1. The topological polar surface area (TPSA) is 69.0 Å². The van der Waals surface area contributed by atoms with Gasteiger partial charge < -0.3 is 9.64 Å². The van der Waals surface area contributed by atoms with Gasteiger partial charge >= 0.3 is 0 Å². The van der Waals surface area contributed by atoms with Crippen LogP contribution in [0.2, 0.25) is 19.6 Å². The van der Waals surface area contributed by atoms with Crippen LogP contribution in [0.15, 0.2) is 55.0 Å². The summed E-state index contributed by atoms with van der Waals surface area (Å²) in [6, 6.07) is 11.8. The second-order valence-electron chi connectivity index (χ2n) is 8.51.